The summed E-state index contributed by atoms with van der Waals surface area (Å²) in [6.45, 7) is 0.769. The molecule has 0 radical (unpaired) electrons. The predicted octanol–water partition coefficient (Wildman–Crippen LogP) is 4.57. The molecule has 29 heavy (non-hydrogen) atoms. The number of carbonyl (C=O) groups is 2. The van der Waals surface area contributed by atoms with Crippen LogP contribution in [0.25, 0.3) is 0 Å². The summed E-state index contributed by atoms with van der Waals surface area (Å²) in [4.78, 5) is 25.0. The van der Waals surface area contributed by atoms with E-state index in [1.54, 1.807) is 24.3 Å². The molecule has 10 heteroatoms. The van der Waals surface area contributed by atoms with Crippen LogP contribution in [0.15, 0.2) is 51.8 Å². The lowest BCUT2D eigenvalue weighted by Crippen LogP contribution is -2.28. The van der Waals surface area contributed by atoms with Gasteiger partial charge in [0.15, 0.2) is 0 Å². The second kappa shape index (κ2) is 10.7. The van der Waals surface area contributed by atoms with Gasteiger partial charge in [0.05, 0.1) is 23.5 Å². The van der Waals surface area contributed by atoms with Gasteiger partial charge >= 0.3 is 6.18 Å². The Hall–Kier alpha value is -2.04. The standard InChI is InChI=1S/C19H18BrF3N2O3S/c1-28-9-8-24-17(26)11-29-16-5-3-2-4-13(16)18(27)25-12-6-7-15(20)14(10-12)19(21,22)23/h2-7,10H,8-9,11H2,1H3,(H,24,26)(H,25,27). The summed E-state index contributed by atoms with van der Waals surface area (Å²) in [7, 11) is 1.53. The summed E-state index contributed by atoms with van der Waals surface area (Å²) in [5.74, 6) is -0.696. The molecule has 0 heterocycles. The summed E-state index contributed by atoms with van der Waals surface area (Å²) in [5.41, 5.74) is -0.605. The van der Waals surface area contributed by atoms with Gasteiger partial charge in [-0.05, 0) is 30.3 Å². The monoisotopic (exact) mass is 490 g/mol. The van der Waals surface area contributed by atoms with Crippen molar-refractivity contribution in [2.24, 2.45) is 0 Å². The van der Waals surface area contributed by atoms with Gasteiger partial charge in [0.2, 0.25) is 5.91 Å². The summed E-state index contributed by atoms with van der Waals surface area (Å²) >= 11 is 4.02. The first-order valence-corrected chi connectivity index (χ1v) is 10.2. The van der Waals surface area contributed by atoms with Crippen molar-refractivity contribution >= 4 is 45.2 Å². The fourth-order valence-electron chi connectivity index (χ4n) is 2.29. The third kappa shape index (κ3) is 7.06. The van der Waals surface area contributed by atoms with E-state index in [2.05, 4.69) is 26.6 Å². The molecule has 0 aliphatic carbocycles. The van der Waals surface area contributed by atoms with E-state index >= 15 is 0 Å². The minimum absolute atomic E-state index is 0.0163. The molecule has 2 aromatic carbocycles. The number of anilines is 1. The van der Waals surface area contributed by atoms with Crippen molar-refractivity contribution in [2.45, 2.75) is 11.1 Å². The number of amides is 2. The van der Waals surface area contributed by atoms with Gasteiger partial charge in [0, 0.05) is 28.7 Å². The van der Waals surface area contributed by atoms with Crippen LogP contribution in [0.4, 0.5) is 18.9 Å². The molecular weight excluding hydrogens is 473 g/mol. The van der Waals surface area contributed by atoms with E-state index in [1.165, 1.54) is 19.2 Å². The van der Waals surface area contributed by atoms with Crippen LogP contribution in [-0.2, 0) is 15.7 Å². The molecule has 156 valence electrons. The zero-order valence-corrected chi connectivity index (χ0v) is 17.7. The van der Waals surface area contributed by atoms with E-state index < -0.39 is 17.6 Å². The molecule has 0 aliphatic heterocycles. The topological polar surface area (TPSA) is 67.4 Å². The first-order chi connectivity index (χ1) is 13.7. The van der Waals surface area contributed by atoms with Gasteiger partial charge < -0.3 is 15.4 Å². The lowest BCUT2D eigenvalue weighted by Gasteiger charge is -2.13. The Kier molecular flexibility index (Phi) is 8.54. The summed E-state index contributed by atoms with van der Waals surface area (Å²) in [6.07, 6.45) is -4.55. The normalized spacial score (nSPS) is 11.2. The molecule has 0 bridgehead atoms. The number of hydrogen-bond donors (Lipinski definition) is 2. The molecule has 0 aliphatic rings. The maximum absolute atomic E-state index is 13.0. The Morgan fingerprint density at radius 2 is 1.90 bits per heavy atom. The molecule has 0 unspecified atom stereocenters. The molecule has 2 N–H and O–H groups in total. The highest BCUT2D eigenvalue weighted by Crippen LogP contribution is 2.36. The van der Waals surface area contributed by atoms with Gasteiger partial charge in [-0.2, -0.15) is 13.2 Å². The van der Waals surface area contributed by atoms with Crippen LogP contribution in [0.3, 0.4) is 0 Å². The molecule has 0 saturated carbocycles. The zero-order chi connectivity index (χ0) is 21.4. The van der Waals surface area contributed by atoms with Crippen LogP contribution in [0.5, 0.6) is 0 Å². The number of alkyl halides is 3. The highest BCUT2D eigenvalue weighted by Gasteiger charge is 2.33. The number of nitrogens with one attached hydrogen (secondary N) is 2. The quantitative estimate of drug-likeness (QED) is 0.420. The molecule has 0 saturated heterocycles. The number of hydrogen-bond acceptors (Lipinski definition) is 4. The molecule has 0 fully saturated rings. The van der Waals surface area contributed by atoms with Gasteiger partial charge in [-0.3, -0.25) is 9.59 Å². The SMILES string of the molecule is COCCNC(=O)CSc1ccccc1C(=O)Nc1ccc(Br)c(C(F)(F)F)c1. The third-order valence-electron chi connectivity index (χ3n) is 3.65. The molecule has 2 aromatic rings. The highest BCUT2D eigenvalue weighted by atomic mass is 79.9. The minimum Gasteiger partial charge on any atom is -0.383 e. The number of methoxy groups -OCH3 is 1. The van der Waals surface area contributed by atoms with Crippen LogP contribution in [0.1, 0.15) is 15.9 Å². The first kappa shape index (κ1) is 23.2. The lowest BCUT2D eigenvalue weighted by atomic mass is 10.1. The van der Waals surface area contributed by atoms with E-state index in [4.69, 9.17) is 4.74 Å². The number of benzene rings is 2. The van der Waals surface area contributed by atoms with Crippen molar-refractivity contribution in [3.8, 4) is 0 Å². The summed E-state index contributed by atoms with van der Waals surface area (Å²) < 4.78 is 43.9. The Morgan fingerprint density at radius 1 is 1.17 bits per heavy atom. The zero-order valence-electron chi connectivity index (χ0n) is 15.3. The van der Waals surface area contributed by atoms with Crippen molar-refractivity contribution in [2.75, 3.05) is 31.3 Å². The minimum atomic E-state index is -4.55. The fraction of sp³-hybridized carbons (Fsp3) is 0.263. The van der Waals surface area contributed by atoms with Gasteiger partial charge in [-0.1, -0.05) is 28.1 Å². The van der Waals surface area contributed by atoms with Crippen LogP contribution < -0.4 is 10.6 Å². The average molecular weight is 491 g/mol. The van der Waals surface area contributed by atoms with E-state index in [0.717, 1.165) is 17.8 Å². The predicted molar refractivity (Wildman–Crippen MR) is 109 cm³/mol. The second-order valence-corrected chi connectivity index (χ2v) is 7.65. The van der Waals surface area contributed by atoms with E-state index in [1.807, 2.05) is 0 Å². The van der Waals surface area contributed by atoms with Crippen molar-refractivity contribution in [1.82, 2.24) is 5.32 Å². The molecule has 0 spiro atoms. The van der Waals surface area contributed by atoms with E-state index in [9.17, 15) is 22.8 Å². The van der Waals surface area contributed by atoms with Crippen LogP contribution >= 0.6 is 27.7 Å². The van der Waals surface area contributed by atoms with Crippen LogP contribution in [-0.4, -0.2) is 37.8 Å². The van der Waals surface area contributed by atoms with E-state index in [0.29, 0.717) is 18.0 Å². The molecule has 5 nitrogen and oxygen atoms in total. The number of carbonyl (C=O) groups excluding carboxylic acids is 2. The molecule has 0 atom stereocenters. The largest absolute Gasteiger partial charge is 0.417 e. The van der Waals surface area contributed by atoms with Crippen molar-refractivity contribution in [1.29, 1.82) is 0 Å². The molecule has 2 rings (SSSR count). The van der Waals surface area contributed by atoms with Gasteiger partial charge in [0.1, 0.15) is 0 Å². The van der Waals surface area contributed by atoms with E-state index in [-0.39, 0.29) is 27.4 Å². The molecule has 0 aromatic heterocycles. The Morgan fingerprint density at radius 3 is 2.59 bits per heavy atom. The maximum Gasteiger partial charge on any atom is 0.417 e. The van der Waals surface area contributed by atoms with Crippen molar-refractivity contribution < 1.29 is 27.5 Å². The van der Waals surface area contributed by atoms with Crippen molar-refractivity contribution in [3.63, 3.8) is 0 Å². The summed E-state index contributed by atoms with van der Waals surface area (Å²) in [6, 6.07) is 10.0. The highest BCUT2D eigenvalue weighted by molar-refractivity contribution is 9.10. The smallest absolute Gasteiger partial charge is 0.383 e. The Balaban J connectivity index is 2.09. The van der Waals surface area contributed by atoms with Crippen molar-refractivity contribution in [3.05, 3.63) is 58.1 Å². The van der Waals surface area contributed by atoms with Gasteiger partial charge in [-0.25, -0.2) is 0 Å². The maximum atomic E-state index is 13.0. The lowest BCUT2D eigenvalue weighted by molar-refractivity contribution is -0.138. The van der Waals surface area contributed by atoms with Crippen LogP contribution in [0, 0.1) is 0 Å². The molecular formula is C19H18BrF3N2O3S. The third-order valence-corrected chi connectivity index (χ3v) is 5.41. The molecule has 2 amide bonds. The average Bonchev–Trinajstić information content (AvgIpc) is 2.67. The van der Waals surface area contributed by atoms with Gasteiger partial charge in [-0.15, -0.1) is 11.8 Å². The Bertz CT molecular complexity index is 878. The first-order valence-electron chi connectivity index (χ1n) is 8.38. The summed E-state index contributed by atoms with van der Waals surface area (Å²) in [5, 5.41) is 5.15. The Labute approximate surface area is 178 Å². The second-order valence-electron chi connectivity index (χ2n) is 5.77. The number of thioether (sulfide) groups is 1. The van der Waals surface area contributed by atoms with Gasteiger partial charge in [0.25, 0.3) is 5.91 Å². The number of rotatable bonds is 8. The fourth-order valence-corrected chi connectivity index (χ4v) is 3.64. The number of ether oxygens (including phenoxy) is 1. The number of halogens is 4. The van der Waals surface area contributed by atoms with Crippen LogP contribution in [0.2, 0.25) is 0 Å².